The van der Waals surface area contributed by atoms with E-state index in [-0.39, 0.29) is 23.0 Å². The molecule has 0 saturated carbocycles. The minimum absolute atomic E-state index is 0.121. The van der Waals surface area contributed by atoms with Crippen molar-refractivity contribution in [3.05, 3.63) is 71.2 Å². The van der Waals surface area contributed by atoms with Gasteiger partial charge in [0.05, 0.1) is 22.0 Å². The molecule has 1 heterocycles. The van der Waals surface area contributed by atoms with Crippen molar-refractivity contribution in [2.75, 3.05) is 10.7 Å². The third-order valence-corrected chi connectivity index (χ3v) is 6.70. The van der Waals surface area contributed by atoms with E-state index in [2.05, 4.69) is 4.98 Å². The van der Waals surface area contributed by atoms with Gasteiger partial charge in [0.15, 0.2) is 15.0 Å². The van der Waals surface area contributed by atoms with Gasteiger partial charge in [0, 0.05) is 11.8 Å². The van der Waals surface area contributed by atoms with Gasteiger partial charge in [-0.3, -0.25) is 9.69 Å². The lowest BCUT2D eigenvalue weighted by Gasteiger charge is -2.20. The second kappa shape index (κ2) is 8.02. The standard InChI is InChI=1S/C20H20N2O3S2/c1-15-8-10-18(11-9-15)27(24,25)13-12-19(23)22(17-6-4-3-5-7-17)20-21-16(2)14-26-20/h3-11,14H,12-13H2,1-2H3. The Labute approximate surface area is 163 Å². The number of benzene rings is 2. The summed E-state index contributed by atoms with van der Waals surface area (Å²) in [7, 11) is -3.53. The molecule has 0 radical (unpaired) electrons. The molecule has 0 spiro atoms. The van der Waals surface area contributed by atoms with Crippen LogP contribution in [0.4, 0.5) is 10.8 Å². The number of carbonyl (C=O) groups excluding carboxylic acids is 1. The van der Waals surface area contributed by atoms with Crippen LogP contribution in [0.3, 0.4) is 0 Å². The SMILES string of the molecule is Cc1ccc(S(=O)(=O)CCC(=O)N(c2ccccc2)c2nc(C)cs2)cc1. The molecule has 27 heavy (non-hydrogen) atoms. The summed E-state index contributed by atoms with van der Waals surface area (Å²) in [6.45, 7) is 3.75. The van der Waals surface area contributed by atoms with Gasteiger partial charge >= 0.3 is 0 Å². The van der Waals surface area contributed by atoms with Gasteiger partial charge in [-0.05, 0) is 38.1 Å². The molecule has 0 saturated heterocycles. The molecule has 0 aliphatic carbocycles. The number of aryl methyl sites for hydroxylation is 2. The zero-order chi connectivity index (χ0) is 19.4. The smallest absolute Gasteiger partial charge is 0.234 e. The van der Waals surface area contributed by atoms with Crippen LogP contribution in [0, 0.1) is 13.8 Å². The number of hydrogen-bond acceptors (Lipinski definition) is 5. The number of para-hydroxylation sites is 1. The van der Waals surface area contributed by atoms with E-state index >= 15 is 0 Å². The molecule has 5 nitrogen and oxygen atoms in total. The minimum Gasteiger partial charge on any atom is -0.274 e. The number of carbonyl (C=O) groups is 1. The molecule has 1 amide bonds. The molecule has 0 bridgehead atoms. The first-order valence-corrected chi connectivity index (χ1v) is 11.0. The van der Waals surface area contributed by atoms with E-state index in [0.29, 0.717) is 10.8 Å². The average Bonchev–Trinajstić information content (AvgIpc) is 3.07. The molecule has 0 aliphatic heterocycles. The van der Waals surface area contributed by atoms with Crippen LogP contribution in [0.25, 0.3) is 0 Å². The van der Waals surface area contributed by atoms with Gasteiger partial charge in [-0.2, -0.15) is 0 Å². The molecule has 0 unspecified atom stereocenters. The number of amides is 1. The molecule has 0 fully saturated rings. The number of thiazole rings is 1. The highest BCUT2D eigenvalue weighted by Crippen LogP contribution is 2.29. The number of rotatable bonds is 6. The van der Waals surface area contributed by atoms with Crippen LogP contribution in [-0.4, -0.2) is 25.1 Å². The summed E-state index contributed by atoms with van der Waals surface area (Å²) in [5, 5.41) is 2.40. The molecule has 0 N–H and O–H groups in total. The highest BCUT2D eigenvalue weighted by molar-refractivity contribution is 7.91. The fourth-order valence-corrected chi connectivity index (χ4v) is 4.65. The Morgan fingerprint density at radius 3 is 2.30 bits per heavy atom. The quantitative estimate of drug-likeness (QED) is 0.619. The number of sulfone groups is 1. The van der Waals surface area contributed by atoms with Gasteiger partial charge in [0.1, 0.15) is 0 Å². The number of nitrogens with zero attached hydrogens (tertiary/aromatic N) is 2. The third-order valence-electron chi connectivity index (χ3n) is 4.03. The third kappa shape index (κ3) is 4.61. The van der Waals surface area contributed by atoms with Crippen molar-refractivity contribution in [1.29, 1.82) is 0 Å². The van der Waals surface area contributed by atoms with Crippen molar-refractivity contribution in [3.63, 3.8) is 0 Å². The summed E-state index contributed by atoms with van der Waals surface area (Å²) in [6, 6.07) is 15.8. The van der Waals surface area contributed by atoms with Gasteiger partial charge in [0.2, 0.25) is 5.91 Å². The van der Waals surface area contributed by atoms with Gasteiger partial charge in [-0.1, -0.05) is 35.9 Å². The normalized spacial score (nSPS) is 11.3. The molecule has 7 heteroatoms. The summed E-state index contributed by atoms with van der Waals surface area (Å²) in [4.78, 5) is 19.0. The van der Waals surface area contributed by atoms with Crippen LogP contribution in [0.2, 0.25) is 0 Å². The van der Waals surface area contributed by atoms with Crippen LogP contribution in [0.5, 0.6) is 0 Å². The Hall–Kier alpha value is -2.51. The van der Waals surface area contributed by atoms with Crippen molar-refractivity contribution in [2.24, 2.45) is 0 Å². The van der Waals surface area contributed by atoms with Crippen LogP contribution in [0.1, 0.15) is 17.7 Å². The van der Waals surface area contributed by atoms with Crippen molar-refractivity contribution in [1.82, 2.24) is 4.98 Å². The Morgan fingerprint density at radius 1 is 1.04 bits per heavy atom. The molecule has 1 aromatic heterocycles. The highest BCUT2D eigenvalue weighted by Gasteiger charge is 2.23. The van der Waals surface area contributed by atoms with Crippen molar-refractivity contribution >= 4 is 37.9 Å². The Morgan fingerprint density at radius 2 is 1.70 bits per heavy atom. The van der Waals surface area contributed by atoms with Gasteiger partial charge in [0.25, 0.3) is 0 Å². The topological polar surface area (TPSA) is 67.3 Å². The largest absolute Gasteiger partial charge is 0.274 e. The van der Waals surface area contributed by atoms with E-state index in [1.54, 1.807) is 24.3 Å². The van der Waals surface area contributed by atoms with E-state index < -0.39 is 9.84 Å². The molecular weight excluding hydrogens is 380 g/mol. The van der Waals surface area contributed by atoms with Crippen molar-refractivity contribution < 1.29 is 13.2 Å². The van der Waals surface area contributed by atoms with Crippen LogP contribution >= 0.6 is 11.3 Å². The van der Waals surface area contributed by atoms with Gasteiger partial charge in [-0.25, -0.2) is 13.4 Å². The molecule has 3 aromatic rings. The molecule has 0 aliphatic rings. The van der Waals surface area contributed by atoms with Crippen LogP contribution < -0.4 is 4.90 Å². The maximum Gasteiger partial charge on any atom is 0.234 e. The van der Waals surface area contributed by atoms with Crippen molar-refractivity contribution in [3.8, 4) is 0 Å². The van der Waals surface area contributed by atoms with E-state index in [0.717, 1.165) is 11.3 Å². The maximum atomic E-state index is 12.9. The van der Waals surface area contributed by atoms with Crippen molar-refractivity contribution in [2.45, 2.75) is 25.2 Å². The van der Waals surface area contributed by atoms with Crippen LogP contribution in [-0.2, 0) is 14.6 Å². The first kappa shape index (κ1) is 19.3. The zero-order valence-corrected chi connectivity index (χ0v) is 16.8. The lowest BCUT2D eigenvalue weighted by Crippen LogP contribution is -2.27. The first-order chi connectivity index (χ1) is 12.9. The highest BCUT2D eigenvalue weighted by atomic mass is 32.2. The monoisotopic (exact) mass is 400 g/mol. The fraction of sp³-hybridized carbons (Fsp3) is 0.200. The Balaban J connectivity index is 1.82. The lowest BCUT2D eigenvalue weighted by molar-refractivity contribution is -0.117. The van der Waals surface area contributed by atoms with Gasteiger partial charge in [-0.15, -0.1) is 11.3 Å². The van der Waals surface area contributed by atoms with E-state index in [4.69, 9.17) is 0 Å². The maximum absolute atomic E-state index is 12.9. The van der Waals surface area contributed by atoms with Gasteiger partial charge < -0.3 is 0 Å². The summed E-state index contributed by atoms with van der Waals surface area (Å²) < 4.78 is 25.1. The molecule has 0 atom stereocenters. The molecule has 3 rings (SSSR count). The van der Waals surface area contributed by atoms with E-state index in [1.807, 2.05) is 49.6 Å². The second-order valence-electron chi connectivity index (χ2n) is 6.22. The predicted octanol–water partition coefficient (Wildman–Crippen LogP) is 4.29. The average molecular weight is 401 g/mol. The second-order valence-corrected chi connectivity index (χ2v) is 9.16. The summed E-state index contributed by atoms with van der Waals surface area (Å²) in [5.41, 5.74) is 2.47. The molecule has 2 aromatic carbocycles. The lowest BCUT2D eigenvalue weighted by atomic mass is 10.2. The number of hydrogen-bond donors (Lipinski definition) is 0. The number of anilines is 2. The zero-order valence-electron chi connectivity index (χ0n) is 15.1. The fourth-order valence-electron chi connectivity index (χ4n) is 2.58. The Bertz CT molecular complexity index is 1030. The summed E-state index contributed by atoms with van der Waals surface area (Å²) in [6.07, 6.45) is -0.121. The van der Waals surface area contributed by atoms with E-state index in [9.17, 15) is 13.2 Å². The predicted molar refractivity (Wildman–Crippen MR) is 108 cm³/mol. The van der Waals surface area contributed by atoms with E-state index in [1.165, 1.54) is 16.2 Å². The first-order valence-electron chi connectivity index (χ1n) is 8.46. The number of aromatic nitrogens is 1. The Kier molecular flexibility index (Phi) is 5.72. The summed E-state index contributed by atoms with van der Waals surface area (Å²) in [5.74, 6) is -0.547. The molecular formula is C20H20N2O3S2. The molecule has 140 valence electrons. The minimum atomic E-state index is -3.53. The summed E-state index contributed by atoms with van der Waals surface area (Å²) >= 11 is 1.36. The van der Waals surface area contributed by atoms with Crippen LogP contribution in [0.15, 0.2) is 64.9 Å².